The van der Waals surface area contributed by atoms with E-state index < -0.39 is 0 Å². The molecule has 2 heteroatoms. The van der Waals surface area contributed by atoms with Crippen LogP contribution in [0.3, 0.4) is 0 Å². The van der Waals surface area contributed by atoms with E-state index in [4.69, 9.17) is 0 Å². The SMILES string of the molecule is O=C1CCNC[C@@H]1C1c2ccccc2C=Cc2ccccc21. The molecule has 0 aromatic heterocycles. The van der Waals surface area contributed by atoms with Gasteiger partial charge in [-0.25, -0.2) is 0 Å². The number of carbonyl (C=O) groups is 1. The quantitative estimate of drug-likeness (QED) is 0.871. The topological polar surface area (TPSA) is 29.1 Å². The van der Waals surface area contributed by atoms with Crippen LogP contribution < -0.4 is 5.32 Å². The molecular weight excluding hydrogens is 270 g/mol. The number of rotatable bonds is 1. The molecule has 1 saturated heterocycles. The molecule has 1 atom stereocenters. The summed E-state index contributed by atoms with van der Waals surface area (Å²) < 4.78 is 0. The second-order valence-corrected chi connectivity index (χ2v) is 6.10. The van der Waals surface area contributed by atoms with E-state index in [-0.39, 0.29) is 11.8 Å². The van der Waals surface area contributed by atoms with Gasteiger partial charge in [-0.1, -0.05) is 60.7 Å². The summed E-state index contributed by atoms with van der Waals surface area (Å²) in [5.41, 5.74) is 4.99. The highest BCUT2D eigenvalue weighted by molar-refractivity contribution is 5.86. The smallest absolute Gasteiger partial charge is 0.139 e. The predicted molar refractivity (Wildman–Crippen MR) is 89.6 cm³/mol. The van der Waals surface area contributed by atoms with E-state index in [1.54, 1.807) is 0 Å². The Morgan fingerprint density at radius 3 is 2.05 bits per heavy atom. The fourth-order valence-corrected chi connectivity index (χ4v) is 3.74. The standard InChI is InChI=1S/C20H19NO/c22-19-11-12-21-13-18(19)20-16-7-3-1-5-14(16)9-10-15-6-2-4-8-17(15)20/h1-10,18,20-21H,11-13H2/t18-/m0/s1. The van der Waals surface area contributed by atoms with Crippen molar-refractivity contribution in [2.24, 2.45) is 5.92 Å². The predicted octanol–water partition coefficient (Wildman–Crippen LogP) is 3.48. The third-order valence-electron chi connectivity index (χ3n) is 4.83. The first kappa shape index (κ1) is 13.5. The van der Waals surface area contributed by atoms with Crippen molar-refractivity contribution in [1.82, 2.24) is 5.32 Å². The Bertz CT molecular complexity index is 697. The lowest BCUT2D eigenvalue weighted by atomic mass is 9.75. The van der Waals surface area contributed by atoms with Crippen LogP contribution in [-0.4, -0.2) is 18.9 Å². The minimum absolute atomic E-state index is 0.0240. The van der Waals surface area contributed by atoms with Gasteiger partial charge in [0.1, 0.15) is 5.78 Å². The van der Waals surface area contributed by atoms with Crippen molar-refractivity contribution < 1.29 is 4.79 Å². The second-order valence-electron chi connectivity index (χ2n) is 6.10. The molecule has 2 aromatic carbocycles. The monoisotopic (exact) mass is 289 g/mol. The highest BCUT2D eigenvalue weighted by atomic mass is 16.1. The number of fused-ring (bicyclic) bond motifs is 2. The van der Waals surface area contributed by atoms with Gasteiger partial charge in [-0.2, -0.15) is 0 Å². The van der Waals surface area contributed by atoms with Gasteiger partial charge in [0.05, 0.1) is 0 Å². The van der Waals surface area contributed by atoms with Crippen LogP contribution in [0.25, 0.3) is 12.2 Å². The third-order valence-corrected chi connectivity index (χ3v) is 4.83. The molecular formula is C20H19NO. The Morgan fingerprint density at radius 1 is 0.864 bits per heavy atom. The Labute approximate surface area is 130 Å². The molecule has 22 heavy (non-hydrogen) atoms. The molecule has 0 amide bonds. The summed E-state index contributed by atoms with van der Waals surface area (Å²) in [5, 5.41) is 3.40. The normalized spacial score (nSPS) is 21.1. The molecule has 0 spiro atoms. The Kier molecular flexibility index (Phi) is 3.39. The summed E-state index contributed by atoms with van der Waals surface area (Å²) in [6.07, 6.45) is 4.99. The van der Waals surface area contributed by atoms with E-state index in [2.05, 4.69) is 66.0 Å². The molecule has 4 rings (SSSR count). The van der Waals surface area contributed by atoms with E-state index in [0.29, 0.717) is 12.2 Å². The molecule has 110 valence electrons. The molecule has 1 aliphatic heterocycles. The molecule has 0 radical (unpaired) electrons. The number of benzene rings is 2. The minimum Gasteiger partial charge on any atom is -0.316 e. The number of piperidine rings is 1. The second kappa shape index (κ2) is 5.54. The maximum absolute atomic E-state index is 12.6. The van der Waals surface area contributed by atoms with Gasteiger partial charge >= 0.3 is 0 Å². The summed E-state index contributed by atoms with van der Waals surface area (Å²) in [6, 6.07) is 16.9. The Hall–Kier alpha value is -2.19. The van der Waals surface area contributed by atoms with Gasteiger partial charge in [0.25, 0.3) is 0 Å². The number of nitrogens with one attached hydrogen (secondary N) is 1. The molecule has 1 aliphatic carbocycles. The molecule has 1 heterocycles. The first-order valence-electron chi connectivity index (χ1n) is 7.94. The van der Waals surface area contributed by atoms with Crippen LogP contribution in [0.4, 0.5) is 0 Å². The van der Waals surface area contributed by atoms with Gasteiger partial charge in [-0.3, -0.25) is 4.79 Å². The first-order chi connectivity index (χ1) is 10.8. The van der Waals surface area contributed by atoms with Crippen LogP contribution in [0.1, 0.15) is 34.6 Å². The summed E-state index contributed by atoms with van der Waals surface area (Å²) in [7, 11) is 0. The van der Waals surface area contributed by atoms with E-state index >= 15 is 0 Å². The van der Waals surface area contributed by atoms with E-state index in [9.17, 15) is 4.79 Å². The average molecular weight is 289 g/mol. The summed E-state index contributed by atoms with van der Waals surface area (Å²) in [5.74, 6) is 0.550. The Morgan fingerprint density at radius 2 is 1.45 bits per heavy atom. The number of hydrogen-bond donors (Lipinski definition) is 1. The van der Waals surface area contributed by atoms with Crippen molar-refractivity contribution in [3.8, 4) is 0 Å². The van der Waals surface area contributed by atoms with Crippen LogP contribution in [0.2, 0.25) is 0 Å². The number of carbonyl (C=O) groups excluding carboxylic acids is 1. The van der Waals surface area contributed by atoms with E-state index in [1.807, 2.05) is 0 Å². The lowest BCUT2D eigenvalue weighted by Gasteiger charge is -2.31. The minimum atomic E-state index is 0.0240. The third kappa shape index (κ3) is 2.20. The van der Waals surface area contributed by atoms with Gasteiger partial charge in [0.2, 0.25) is 0 Å². The van der Waals surface area contributed by atoms with Gasteiger partial charge in [-0.15, -0.1) is 0 Å². The van der Waals surface area contributed by atoms with Gasteiger partial charge in [0, 0.05) is 31.3 Å². The lowest BCUT2D eigenvalue weighted by molar-refractivity contribution is -0.124. The molecule has 2 nitrogen and oxygen atoms in total. The van der Waals surface area contributed by atoms with Crippen molar-refractivity contribution >= 4 is 17.9 Å². The van der Waals surface area contributed by atoms with Gasteiger partial charge in [-0.05, 0) is 22.3 Å². The van der Waals surface area contributed by atoms with E-state index in [0.717, 1.165) is 13.1 Å². The van der Waals surface area contributed by atoms with E-state index in [1.165, 1.54) is 22.3 Å². The fraction of sp³-hybridized carbons (Fsp3) is 0.250. The van der Waals surface area contributed by atoms with Gasteiger partial charge < -0.3 is 5.32 Å². The molecule has 1 N–H and O–H groups in total. The van der Waals surface area contributed by atoms with Crippen LogP contribution in [-0.2, 0) is 4.79 Å². The zero-order chi connectivity index (χ0) is 14.9. The highest BCUT2D eigenvalue weighted by Gasteiger charge is 2.34. The largest absolute Gasteiger partial charge is 0.316 e. The molecule has 2 aliphatic rings. The number of ketones is 1. The van der Waals surface area contributed by atoms with Crippen molar-refractivity contribution in [1.29, 1.82) is 0 Å². The summed E-state index contributed by atoms with van der Waals surface area (Å²) in [6.45, 7) is 1.58. The van der Waals surface area contributed by atoms with Crippen LogP contribution in [0.5, 0.6) is 0 Å². The van der Waals surface area contributed by atoms with Crippen LogP contribution in [0.15, 0.2) is 48.5 Å². The molecule has 2 aromatic rings. The van der Waals surface area contributed by atoms with Crippen molar-refractivity contribution in [2.75, 3.05) is 13.1 Å². The zero-order valence-corrected chi connectivity index (χ0v) is 12.5. The van der Waals surface area contributed by atoms with Crippen LogP contribution >= 0.6 is 0 Å². The molecule has 0 bridgehead atoms. The first-order valence-corrected chi connectivity index (χ1v) is 7.94. The molecule has 1 fully saturated rings. The number of hydrogen-bond acceptors (Lipinski definition) is 2. The average Bonchev–Trinajstić information content (AvgIpc) is 2.73. The van der Waals surface area contributed by atoms with Crippen LogP contribution in [0, 0.1) is 5.92 Å². The van der Waals surface area contributed by atoms with Crippen molar-refractivity contribution in [3.05, 3.63) is 70.8 Å². The number of Topliss-reactive ketones (excluding diaryl/α,β-unsaturated/α-hetero) is 1. The van der Waals surface area contributed by atoms with Gasteiger partial charge in [0.15, 0.2) is 0 Å². The Balaban J connectivity index is 1.91. The zero-order valence-electron chi connectivity index (χ0n) is 12.5. The summed E-state index contributed by atoms with van der Waals surface area (Å²) >= 11 is 0. The highest BCUT2D eigenvalue weighted by Crippen LogP contribution is 2.40. The van der Waals surface area contributed by atoms with Crippen molar-refractivity contribution in [3.63, 3.8) is 0 Å². The lowest BCUT2D eigenvalue weighted by Crippen LogP contribution is -2.40. The van der Waals surface area contributed by atoms with Crippen molar-refractivity contribution in [2.45, 2.75) is 12.3 Å². The maximum Gasteiger partial charge on any atom is 0.139 e. The maximum atomic E-state index is 12.6. The fourth-order valence-electron chi connectivity index (χ4n) is 3.74. The molecule has 0 saturated carbocycles. The summed E-state index contributed by atoms with van der Waals surface area (Å²) in [4.78, 5) is 12.6. The molecule has 0 unspecified atom stereocenters.